The first-order valence-corrected chi connectivity index (χ1v) is 5.82. The maximum Gasteiger partial charge on any atom is 0.208 e. The molecule has 0 saturated heterocycles. The number of hydrogen-bond donors (Lipinski definition) is 1. The van der Waals surface area contributed by atoms with Crippen molar-refractivity contribution in [2.24, 2.45) is 0 Å². The number of nitrogens with one attached hydrogen (secondary N) is 1. The fourth-order valence-corrected chi connectivity index (χ4v) is 1.72. The van der Waals surface area contributed by atoms with Crippen LogP contribution in [0.4, 0.5) is 0 Å². The first-order valence-electron chi connectivity index (χ1n) is 3.93. The Morgan fingerprint density at radius 2 is 1.92 bits per heavy atom. The maximum atomic E-state index is 10.8. The van der Waals surface area contributed by atoms with Gasteiger partial charge in [0.15, 0.2) is 0 Å². The molecule has 0 aromatic rings. The summed E-state index contributed by atoms with van der Waals surface area (Å²) in [5, 5.41) is 0. The van der Waals surface area contributed by atoms with Gasteiger partial charge in [0.05, 0.1) is 6.26 Å². The van der Waals surface area contributed by atoms with E-state index in [1.165, 1.54) is 6.26 Å². The van der Waals surface area contributed by atoms with Crippen molar-refractivity contribution < 1.29 is 8.42 Å². The lowest BCUT2D eigenvalue weighted by Gasteiger charge is -2.15. The molecule has 74 valence electrons. The Balaban J connectivity index is 3.68. The van der Waals surface area contributed by atoms with Gasteiger partial charge in [-0.05, 0) is 34.0 Å². The van der Waals surface area contributed by atoms with Crippen molar-refractivity contribution in [2.75, 3.05) is 26.9 Å². The van der Waals surface area contributed by atoms with E-state index in [4.69, 9.17) is 0 Å². The molecule has 0 aromatic heterocycles. The summed E-state index contributed by atoms with van der Waals surface area (Å²) in [4.78, 5) is 2.03. The smallest absolute Gasteiger partial charge is 0.208 e. The number of nitrogens with zero attached hydrogens (tertiary/aromatic N) is 1. The molecule has 0 aromatic carbocycles. The normalized spacial score (nSPS) is 15.1. The van der Waals surface area contributed by atoms with Crippen LogP contribution in [0.25, 0.3) is 0 Å². The lowest BCUT2D eigenvalue weighted by atomic mass is 10.2. The van der Waals surface area contributed by atoms with Crippen LogP contribution in [-0.2, 0) is 10.0 Å². The van der Waals surface area contributed by atoms with Gasteiger partial charge in [0.1, 0.15) is 0 Å². The molecule has 0 radical (unpaired) electrons. The second kappa shape index (κ2) is 4.79. The topological polar surface area (TPSA) is 49.4 Å². The summed E-state index contributed by atoms with van der Waals surface area (Å²) in [5.41, 5.74) is 0. The van der Waals surface area contributed by atoms with Crippen LogP contribution in [0.2, 0.25) is 0 Å². The molecule has 0 amide bonds. The van der Waals surface area contributed by atoms with Gasteiger partial charge in [-0.1, -0.05) is 0 Å². The van der Waals surface area contributed by atoms with Gasteiger partial charge in [0.2, 0.25) is 10.0 Å². The van der Waals surface area contributed by atoms with Crippen molar-refractivity contribution in [2.45, 2.75) is 19.4 Å². The van der Waals surface area contributed by atoms with E-state index in [-0.39, 0.29) is 6.04 Å². The summed E-state index contributed by atoms with van der Waals surface area (Å²) < 4.78 is 24.0. The molecule has 0 heterocycles. The van der Waals surface area contributed by atoms with Crippen LogP contribution < -0.4 is 4.72 Å². The van der Waals surface area contributed by atoms with Crippen LogP contribution in [0.15, 0.2) is 0 Å². The second-order valence-electron chi connectivity index (χ2n) is 3.38. The Kier molecular flexibility index (Phi) is 4.74. The Hall–Kier alpha value is -0.130. The van der Waals surface area contributed by atoms with Crippen molar-refractivity contribution in [3.05, 3.63) is 0 Å². The monoisotopic (exact) mass is 194 g/mol. The summed E-state index contributed by atoms with van der Waals surface area (Å²) >= 11 is 0. The molecule has 0 fully saturated rings. The molecule has 1 atom stereocenters. The van der Waals surface area contributed by atoms with E-state index in [2.05, 4.69) is 4.72 Å². The van der Waals surface area contributed by atoms with Gasteiger partial charge in [-0.15, -0.1) is 0 Å². The average molecular weight is 194 g/mol. The molecule has 5 heteroatoms. The minimum absolute atomic E-state index is 0.0161. The molecule has 0 saturated carbocycles. The SMILES string of the molecule is CC(CCN(C)C)NS(C)(=O)=O. The lowest BCUT2D eigenvalue weighted by molar-refractivity contribution is 0.379. The molecular formula is C7H18N2O2S. The fourth-order valence-electron chi connectivity index (χ4n) is 0.876. The van der Waals surface area contributed by atoms with Crippen molar-refractivity contribution in [1.82, 2.24) is 9.62 Å². The van der Waals surface area contributed by atoms with Crippen molar-refractivity contribution in [3.63, 3.8) is 0 Å². The van der Waals surface area contributed by atoms with Crippen LogP contribution in [0.5, 0.6) is 0 Å². The van der Waals surface area contributed by atoms with E-state index in [1.807, 2.05) is 25.9 Å². The van der Waals surface area contributed by atoms with Crippen LogP contribution in [-0.4, -0.2) is 46.3 Å². The van der Waals surface area contributed by atoms with Gasteiger partial charge in [-0.3, -0.25) is 0 Å². The molecule has 0 aliphatic rings. The molecule has 4 nitrogen and oxygen atoms in total. The average Bonchev–Trinajstić information content (AvgIpc) is 1.79. The van der Waals surface area contributed by atoms with E-state index < -0.39 is 10.0 Å². The highest BCUT2D eigenvalue weighted by Crippen LogP contribution is 1.93. The molecule has 0 aliphatic carbocycles. The summed E-state index contributed by atoms with van der Waals surface area (Å²) in [5.74, 6) is 0. The van der Waals surface area contributed by atoms with Gasteiger partial charge < -0.3 is 4.90 Å². The molecule has 1 unspecified atom stereocenters. The quantitative estimate of drug-likeness (QED) is 0.663. The highest BCUT2D eigenvalue weighted by atomic mass is 32.2. The molecule has 0 spiro atoms. The number of rotatable bonds is 5. The molecule has 1 N–H and O–H groups in total. The Morgan fingerprint density at radius 3 is 2.25 bits per heavy atom. The Labute approximate surface area is 75.0 Å². The van der Waals surface area contributed by atoms with Crippen LogP contribution in [0.1, 0.15) is 13.3 Å². The summed E-state index contributed by atoms with van der Waals surface area (Å²) in [6, 6.07) is 0.0161. The minimum atomic E-state index is -3.04. The predicted octanol–water partition coefficient (Wildman–Crippen LogP) is -0.124. The number of hydrogen-bond acceptors (Lipinski definition) is 3. The third-order valence-corrected chi connectivity index (χ3v) is 2.26. The second-order valence-corrected chi connectivity index (χ2v) is 5.16. The lowest BCUT2D eigenvalue weighted by Crippen LogP contribution is -2.33. The molecular weight excluding hydrogens is 176 g/mol. The predicted molar refractivity (Wildman–Crippen MR) is 50.6 cm³/mol. The third-order valence-electron chi connectivity index (χ3n) is 1.42. The summed E-state index contributed by atoms with van der Waals surface area (Å²) in [6.07, 6.45) is 2.01. The zero-order chi connectivity index (χ0) is 9.78. The summed E-state index contributed by atoms with van der Waals surface area (Å²) in [6.45, 7) is 2.76. The molecule has 0 aliphatic heterocycles. The Bertz CT molecular complexity index is 211. The maximum absolute atomic E-state index is 10.8. The van der Waals surface area contributed by atoms with E-state index >= 15 is 0 Å². The van der Waals surface area contributed by atoms with Gasteiger partial charge >= 0.3 is 0 Å². The van der Waals surface area contributed by atoms with Crippen molar-refractivity contribution in [3.8, 4) is 0 Å². The van der Waals surface area contributed by atoms with Gasteiger partial charge in [0.25, 0.3) is 0 Å². The first kappa shape index (κ1) is 11.9. The van der Waals surface area contributed by atoms with Crippen molar-refractivity contribution >= 4 is 10.0 Å². The van der Waals surface area contributed by atoms with E-state index in [0.29, 0.717) is 0 Å². The van der Waals surface area contributed by atoms with Crippen LogP contribution in [0.3, 0.4) is 0 Å². The zero-order valence-electron chi connectivity index (χ0n) is 8.16. The third kappa shape index (κ3) is 7.97. The first-order chi connectivity index (χ1) is 5.31. The molecule has 0 bridgehead atoms. The van der Waals surface area contributed by atoms with Gasteiger partial charge in [-0.25, -0.2) is 13.1 Å². The Morgan fingerprint density at radius 1 is 1.42 bits per heavy atom. The van der Waals surface area contributed by atoms with Crippen molar-refractivity contribution in [1.29, 1.82) is 0 Å². The van der Waals surface area contributed by atoms with E-state index in [9.17, 15) is 8.42 Å². The molecule has 12 heavy (non-hydrogen) atoms. The zero-order valence-corrected chi connectivity index (χ0v) is 8.98. The standard InChI is InChI=1S/C7H18N2O2S/c1-7(5-6-9(2)3)8-12(4,10)11/h7-8H,5-6H2,1-4H3. The van der Waals surface area contributed by atoms with Gasteiger partial charge in [-0.2, -0.15) is 0 Å². The van der Waals surface area contributed by atoms with Crippen LogP contribution >= 0.6 is 0 Å². The largest absolute Gasteiger partial charge is 0.309 e. The van der Waals surface area contributed by atoms with Crippen LogP contribution in [0, 0.1) is 0 Å². The molecule has 0 rings (SSSR count). The minimum Gasteiger partial charge on any atom is -0.309 e. The van der Waals surface area contributed by atoms with Gasteiger partial charge in [0, 0.05) is 6.04 Å². The highest BCUT2D eigenvalue weighted by Gasteiger charge is 2.07. The summed E-state index contributed by atoms with van der Waals surface area (Å²) in [7, 11) is 0.891. The fraction of sp³-hybridized carbons (Fsp3) is 1.00. The van der Waals surface area contributed by atoms with E-state index in [1.54, 1.807) is 0 Å². The van der Waals surface area contributed by atoms with E-state index in [0.717, 1.165) is 13.0 Å². The highest BCUT2D eigenvalue weighted by molar-refractivity contribution is 7.88. The number of sulfonamides is 1.